The van der Waals surface area contributed by atoms with Gasteiger partial charge in [0.05, 0.1) is 0 Å². The Morgan fingerprint density at radius 3 is 2.33 bits per heavy atom. The molecule has 0 aliphatic carbocycles. The summed E-state index contributed by atoms with van der Waals surface area (Å²) in [7, 11) is 0. The lowest BCUT2D eigenvalue weighted by Gasteiger charge is -2.27. The number of halogens is 1. The fourth-order valence-corrected chi connectivity index (χ4v) is 2.05. The summed E-state index contributed by atoms with van der Waals surface area (Å²) in [5.41, 5.74) is 2.65. The van der Waals surface area contributed by atoms with E-state index in [4.69, 9.17) is 11.6 Å². The van der Waals surface area contributed by atoms with Crippen LogP contribution in [0.4, 0.5) is 0 Å². The van der Waals surface area contributed by atoms with Gasteiger partial charge in [0.1, 0.15) is 0 Å². The van der Waals surface area contributed by atoms with Crippen molar-refractivity contribution in [2.75, 3.05) is 6.54 Å². The molecule has 0 saturated heterocycles. The van der Waals surface area contributed by atoms with Crippen LogP contribution in [0.5, 0.6) is 0 Å². The standard InChI is InChI=1S/C16H26ClN/c1-11-7-8-14(9-15(11)17)13(3)12(2)10-18-16(4,5)6/h7-9,12-13,18H,10H2,1-6H3. The Morgan fingerprint density at radius 2 is 1.83 bits per heavy atom. The van der Waals surface area contributed by atoms with Crippen molar-refractivity contribution in [1.29, 1.82) is 0 Å². The number of rotatable bonds is 4. The van der Waals surface area contributed by atoms with Gasteiger partial charge >= 0.3 is 0 Å². The van der Waals surface area contributed by atoms with Gasteiger partial charge in [-0.25, -0.2) is 0 Å². The van der Waals surface area contributed by atoms with Gasteiger partial charge in [-0.15, -0.1) is 0 Å². The highest BCUT2D eigenvalue weighted by Crippen LogP contribution is 2.27. The molecule has 0 fully saturated rings. The summed E-state index contributed by atoms with van der Waals surface area (Å²) in [5, 5.41) is 4.44. The fourth-order valence-electron chi connectivity index (χ4n) is 1.86. The molecule has 1 N–H and O–H groups in total. The predicted octanol–water partition coefficient (Wildman–Crippen LogP) is 4.78. The summed E-state index contributed by atoms with van der Waals surface area (Å²) in [4.78, 5) is 0. The van der Waals surface area contributed by atoms with Crippen LogP contribution in [0.3, 0.4) is 0 Å². The van der Waals surface area contributed by atoms with Crippen LogP contribution in [-0.2, 0) is 0 Å². The lowest BCUT2D eigenvalue weighted by molar-refractivity contribution is 0.359. The first-order valence-electron chi connectivity index (χ1n) is 6.72. The van der Waals surface area contributed by atoms with Gasteiger partial charge in [-0.1, -0.05) is 37.6 Å². The molecular formula is C16H26ClN. The molecule has 0 amide bonds. The molecule has 1 rings (SSSR count). The molecule has 0 aliphatic heterocycles. The van der Waals surface area contributed by atoms with Gasteiger partial charge in [0, 0.05) is 10.6 Å². The van der Waals surface area contributed by atoms with Crippen LogP contribution in [0.15, 0.2) is 18.2 Å². The maximum Gasteiger partial charge on any atom is 0.0438 e. The Hall–Kier alpha value is -0.530. The van der Waals surface area contributed by atoms with Crippen LogP contribution in [0, 0.1) is 12.8 Å². The molecule has 2 unspecified atom stereocenters. The maximum atomic E-state index is 6.20. The molecule has 0 radical (unpaired) electrons. The summed E-state index contributed by atoms with van der Waals surface area (Å²) in [6.07, 6.45) is 0. The van der Waals surface area contributed by atoms with E-state index in [0.29, 0.717) is 11.8 Å². The molecule has 0 aliphatic rings. The molecule has 0 saturated carbocycles. The summed E-state index contributed by atoms with van der Waals surface area (Å²) in [6.45, 7) is 14.2. The van der Waals surface area contributed by atoms with E-state index < -0.39 is 0 Å². The largest absolute Gasteiger partial charge is 0.312 e. The Balaban J connectivity index is 2.68. The molecule has 1 nitrogen and oxygen atoms in total. The van der Waals surface area contributed by atoms with E-state index in [1.54, 1.807) is 0 Å². The van der Waals surface area contributed by atoms with Crippen LogP contribution < -0.4 is 5.32 Å². The van der Waals surface area contributed by atoms with Crippen molar-refractivity contribution in [2.24, 2.45) is 5.92 Å². The molecule has 0 spiro atoms. The number of benzene rings is 1. The van der Waals surface area contributed by atoms with E-state index in [9.17, 15) is 0 Å². The average molecular weight is 268 g/mol. The molecule has 2 atom stereocenters. The second-order valence-electron chi connectivity index (χ2n) is 6.41. The fraction of sp³-hybridized carbons (Fsp3) is 0.625. The normalized spacial score (nSPS) is 15.5. The molecule has 1 aromatic carbocycles. The minimum Gasteiger partial charge on any atom is -0.312 e. The number of aryl methyl sites for hydroxylation is 1. The third-order valence-corrected chi connectivity index (χ3v) is 3.94. The van der Waals surface area contributed by atoms with Gasteiger partial charge in [0.2, 0.25) is 0 Å². The van der Waals surface area contributed by atoms with Crippen molar-refractivity contribution in [3.05, 3.63) is 34.3 Å². The molecule has 0 heterocycles. The zero-order valence-electron chi connectivity index (χ0n) is 12.5. The van der Waals surface area contributed by atoms with Crippen LogP contribution >= 0.6 is 11.6 Å². The van der Waals surface area contributed by atoms with Crippen molar-refractivity contribution in [1.82, 2.24) is 5.32 Å². The maximum absolute atomic E-state index is 6.20. The molecule has 2 heteroatoms. The number of nitrogens with one attached hydrogen (secondary N) is 1. The zero-order chi connectivity index (χ0) is 13.9. The second kappa shape index (κ2) is 6.08. The first-order chi connectivity index (χ1) is 8.20. The summed E-state index contributed by atoms with van der Waals surface area (Å²) < 4.78 is 0. The highest BCUT2D eigenvalue weighted by atomic mass is 35.5. The zero-order valence-corrected chi connectivity index (χ0v) is 13.2. The molecule has 0 bridgehead atoms. The lowest BCUT2D eigenvalue weighted by Crippen LogP contribution is -2.39. The van der Waals surface area contributed by atoms with E-state index >= 15 is 0 Å². The second-order valence-corrected chi connectivity index (χ2v) is 6.81. The van der Waals surface area contributed by atoms with Crippen LogP contribution in [-0.4, -0.2) is 12.1 Å². The Labute approximate surface area is 117 Å². The Bertz CT molecular complexity index is 393. The average Bonchev–Trinajstić information content (AvgIpc) is 2.27. The first-order valence-corrected chi connectivity index (χ1v) is 7.09. The van der Waals surface area contributed by atoms with Crippen LogP contribution in [0.25, 0.3) is 0 Å². The summed E-state index contributed by atoms with van der Waals surface area (Å²) in [6, 6.07) is 6.41. The van der Waals surface area contributed by atoms with Crippen molar-refractivity contribution < 1.29 is 0 Å². The van der Waals surface area contributed by atoms with Crippen LogP contribution in [0.1, 0.15) is 51.7 Å². The minimum absolute atomic E-state index is 0.179. The van der Waals surface area contributed by atoms with Crippen molar-refractivity contribution in [3.8, 4) is 0 Å². The number of hydrogen-bond donors (Lipinski definition) is 1. The van der Waals surface area contributed by atoms with E-state index in [1.165, 1.54) is 5.56 Å². The summed E-state index contributed by atoms with van der Waals surface area (Å²) >= 11 is 6.20. The molecule has 0 aromatic heterocycles. The van der Waals surface area contributed by atoms with Gasteiger partial charge in [-0.05, 0) is 63.3 Å². The third-order valence-electron chi connectivity index (χ3n) is 3.53. The van der Waals surface area contributed by atoms with Gasteiger partial charge in [-0.3, -0.25) is 0 Å². The molecule has 102 valence electrons. The molecular weight excluding hydrogens is 242 g/mol. The highest BCUT2D eigenvalue weighted by Gasteiger charge is 2.17. The lowest BCUT2D eigenvalue weighted by atomic mass is 9.88. The molecule has 18 heavy (non-hydrogen) atoms. The van der Waals surface area contributed by atoms with Gasteiger partial charge in [-0.2, -0.15) is 0 Å². The highest BCUT2D eigenvalue weighted by molar-refractivity contribution is 6.31. The van der Waals surface area contributed by atoms with E-state index in [0.717, 1.165) is 17.1 Å². The van der Waals surface area contributed by atoms with E-state index in [2.05, 4.69) is 58.1 Å². The van der Waals surface area contributed by atoms with E-state index in [-0.39, 0.29) is 5.54 Å². The van der Waals surface area contributed by atoms with Crippen molar-refractivity contribution in [2.45, 2.75) is 53.0 Å². The SMILES string of the molecule is Cc1ccc(C(C)C(C)CNC(C)(C)C)cc1Cl. The summed E-state index contributed by atoms with van der Waals surface area (Å²) in [5.74, 6) is 1.10. The third kappa shape index (κ3) is 4.62. The Kier molecular flexibility index (Phi) is 5.24. The van der Waals surface area contributed by atoms with E-state index in [1.807, 2.05) is 6.92 Å². The van der Waals surface area contributed by atoms with Gasteiger partial charge < -0.3 is 5.32 Å². The van der Waals surface area contributed by atoms with Gasteiger partial charge in [0.15, 0.2) is 0 Å². The topological polar surface area (TPSA) is 12.0 Å². The smallest absolute Gasteiger partial charge is 0.0438 e. The predicted molar refractivity (Wildman–Crippen MR) is 81.5 cm³/mol. The number of hydrogen-bond acceptors (Lipinski definition) is 1. The monoisotopic (exact) mass is 267 g/mol. The van der Waals surface area contributed by atoms with Gasteiger partial charge in [0.25, 0.3) is 0 Å². The van der Waals surface area contributed by atoms with Crippen molar-refractivity contribution in [3.63, 3.8) is 0 Å². The minimum atomic E-state index is 0.179. The van der Waals surface area contributed by atoms with Crippen molar-refractivity contribution >= 4 is 11.6 Å². The molecule has 1 aromatic rings. The Morgan fingerprint density at radius 1 is 1.22 bits per heavy atom. The quantitative estimate of drug-likeness (QED) is 0.828. The first kappa shape index (κ1) is 15.5. The van der Waals surface area contributed by atoms with Crippen LogP contribution in [0.2, 0.25) is 5.02 Å².